The molecule has 0 saturated carbocycles. The molecule has 1 amide bonds. The average molecular weight is 259 g/mol. The van der Waals surface area contributed by atoms with Crippen molar-refractivity contribution in [3.05, 3.63) is 41.1 Å². The van der Waals surface area contributed by atoms with Gasteiger partial charge in [-0.05, 0) is 32.3 Å². The van der Waals surface area contributed by atoms with Gasteiger partial charge in [0.2, 0.25) is 0 Å². The van der Waals surface area contributed by atoms with Crippen molar-refractivity contribution in [3.63, 3.8) is 0 Å². The number of hydrogen-bond acceptors (Lipinski definition) is 3. The van der Waals surface area contributed by atoms with Crippen molar-refractivity contribution in [2.45, 2.75) is 32.2 Å². The first-order valence-corrected chi connectivity index (χ1v) is 6.52. The van der Waals surface area contributed by atoms with Crippen molar-refractivity contribution in [1.29, 1.82) is 0 Å². The molecule has 2 aromatic rings. The van der Waals surface area contributed by atoms with E-state index in [2.05, 4.69) is 10.4 Å². The standard InChI is InChI=1S/C14H17N3O2/c1-9-10(6-7-19-9)14(18)16-12-4-3-5-13-11(12)8-15-17(13)2/h6-8,12H,3-5H2,1-2H3,(H,16,18)/t12-/m1/s1. The van der Waals surface area contributed by atoms with Crippen molar-refractivity contribution in [1.82, 2.24) is 15.1 Å². The Bertz CT molecular complexity index is 612. The molecule has 2 heterocycles. The molecule has 0 bridgehead atoms. The van der Waals surface area contributed by atoms with Crippen LogP contribution in [0.15, 0.2) is 22.9 Å². The van der Waals surface area contributed by atoms with Gasteiger partial charge in [0.05, 0.1) is 24.1 Å². The van der Waals surface area contributed by atoms with Gasteiger partial charge >= 0.3 is 0 Å². The number of hydrogen-bond donors (Lipinski definition) is 1. The van der Waals surface area contributed by atoms with Crippen LogP contribution in [0.5, 0.6) is 0 Å². The van der Waals surface area contributed by atoms with Gasteiger partial charge in [0, 0.05) is 18.3 Å². The Morgan fingerprint density at radius 2 is 2.42 bits per heavy atom. The Morgan fingerprint density at radius 1 is 1.58 bits per heavy atom. The van der Waals surface area contributed by atoms with Gasteiger partial charge in [-0.2, -0.15) is 5.10 Å². The van der Waals surface area contributed by atoms with Gasteiger partial charge in [-0.3, -0.25) is 9.48 Å². The second-order valence-electron chi connectivity index (χ2n) is 4.98. The van der Waals surface area contributed by atoms with Gasteiger partial charge in [0.25, 0.3) is 5.91 Å². The van der Waals surface area contributed by atoms with Crippen LogP contribution in [0.25, 0.3) is 0 Å². The highest BCUT2D eigenvalue weighted by molar-refractivity contribution is 5.95. The zero-order valence-electron chi connectivity index (χ0n) is 11.1. The summed E-state index contributed by atoms with van der Waals surface area (Å²) in [5.74, 6) is 0.577. The lowest BCUT2D eigenvalue weighted by Crippen LogP contribution is -2.31. The topological polar surface area (TPSA) is 60.1 Å². The van der Waals surface area contributed by atoms with Crippen molar-refractivity contribution in [2.24, 2.45) is 7.05 Å². The van der Waals surface area contributed by atoms with Crippen molar-refractivity contribution >= 4 is 5.91 Å². The molecule has 0 unspecified atom stereocenters. The maximum atomic E-state index is 12.2. The van der Waals surface area contributed by atoms with Crippen molar-refractivity contribution < 1.29 is 9.21 Å². The zero-order chi connectivity index (χ0) is 13.4. The predicted octanol–water partition coefficient (Wildman–Crippen LogP) is 2.13. The van der Waals surface area contributed by atoms with Crippen LogP contribution in [0.3, 0.4) is 0 Å². The lowest BCUT2D eigenvalue weighted by molar-refractivity contribution is 0.0931. The number of carbonyl (C=O) groups excluding carboxylic acids is 1. The summed E-state index contributed by atoms with van der Waals surface area (Å²) >= 11 is 0. The molecular formula is C14H17N3O2. The third-order valence-corrected chi connectivity index (χ3v) is 3.78. The first-order valence-electron chi connectivity index (χ1n) is 6.52. The zero-order valence-corrected chi connectivity index (χ0v) is 11.1. The Labute approximate surface area is 111 Å². The maximum Gasteiger partial charge on any atom is 0.255 e. The molecule has 2 aromatic heterocycles. The lowest BCUT2D eigenvalue weighted by atomic mass is 9.93. The Kier molecular flexibility index (Phi) is 2.89. The smallest absolute Gasteiger partial charge is 0.255 e. The Hall–Kier alpha value is -2.04. The lowest BCUT2D eigenvalue weighted by Gasteiger charge is -2.23. The number of nitrogens with zero attached hydrogens (tertiary/aromatic N) is 2. The summed E-state index contributed by atoms with van der Waals surface area (Å²) in [4.78, 5) is 12.2. The third kappa shape index (κ3) is 2.05. The van der Waals surface area contributed by atoms with Crippen LogP contribution in [-0.4, -0.2) is 15.7 Å². The molecule has 0 spiro atoms. The van der Waals surface area contributed by atoms with Crippen LogP contribution < -0.4 is 5.32 Å². The second kappa shape index (κ2) is 4.57. The van der Waals surface area contributed by atoms with Crippen molar-refractivity contribution in [2.75, 3.05) is 0 Å². The summed E-state index contributed by atoms with van der Waals surface area (Å²) < 4.78 is 7.07. The van der Waals surface area contributed by atoms with Crippen LogP contribution in [-0.2, 0) is 13.5 Å². The molecule has 1 aliphatic rings. The fraction of sp³-hybridized carbons (Fsp3) is 0.429. The fourth-order valence-electron chi connectivity index (χ4n) is 2.71. The number of nitrogens with one attached hydrogen (secondary N) is 1. The SMILES string of the molecule is Cc1occc1C(=O)N[C@@H]1CCCc2c1cnn2C. The largest absolute Gasteiger partial charge is 0.469 e. The van der Waals surface area contributed by atoms with E-state index < -0.39 is 0 Å². The molecule has 19 heavy (non-hydrogen) atoms. The molecule has 0 radical (unpaired) electrons. The molecule has 5 nitrogen and oxygen atoms in total. The number of amides is 1. The normalized spacial score (nSPS) is 18.1. The fourth-order valence-corrected chi connectivity index (χ4v) is 2.71. The minimum Gasteiger partial charge on any atom is -0.469 e. The third-order valence-electron chi connectivity index (χ3n) is 3.78. The van der Waals surface area contributed by atoms with Crippen molar-refractivity contribution in [3.8, 4) is 0 Å². The van der Waals surface area contributed by atoms with E-state index in [4.69, 9.17) is 4.42 Å². The van der Waals surface area contributed by atoms with Gasteiger partial charge < -0.3 is 9.73 Å². The number of aromatic nitrogens is 2. The maximum absolute atomic E-state index is 12.2. The van der Waals surface area contributed by atoms with Crippen LogP contribution >= 0.6 is 0 Å². The van der Waals surface area contributed by atoms with E-state index in [0.717, 1.165) is 24.8 Å². The number of carbonyl (C=O) groups is 1. The van der Waals surface area contributed by atoms with Crippen LogP contribution in [0.4, 0.5) is 0 Å². The summed E-state index contributed by atoms with van der Waals surface area (Å²) in [6.45, 7) is 1.80. The van der Waals surface area contributed by atoms with Gasteiger partial charge in [-0.1, -0.05) is 0 Å². The number of fused-ring (bicyclic) bond motifs is 1. The van der Waals surface area contributed by atoms with Crippen LogP contribution in [0.2, 0.25) is 0 Å². The summed E-state index contributed by atoms with van der Waals surface area (Å²) in [5.41, 5.74) is 2.97. The molecule has 0 aromatic carbocycles. The quantitative estimate of drug-likeness (QED) is 0.898. The molecule has 0 saturated heterocycles. The minimum atomic E-state index is -0.0760. The number of furan rings is 1. The van der Waals surface area contributed by atoms with Gasteiger partial charge in [-0.25, -0.2) is 0 Å². The molecule has 0 fully saturated rings. The second-order valence-corrected chi connectivity index (χ2v) is 4.98. The van der Waals surface area contributed by atoms with Crippen LogP contribution in [0.1, 0.15) is 46.3 Å². The monoisotopic (exact) mass is 259 g/mol. The minimum absolute atomic E-state index is 0.0549. The van der Waals surface area contributed by atoms with Gasteiger partial charge in [0.15, 0.2) is 0 Å². The molecule has 100 valence electrons. The first kappa shape index (κ1) is 12.0. The Balaban J connectivity index is 1.82. The molecular weight excluding hydrogens is 242 g/mol. The number of aryl methyl sites for hydroxylation is 2. The molecule has 5 heteroatoms. The predicted molar refractivity (Wildman–Crippen MR) is 69.8 cm³/mol. The molecule has 1 N–H and O–H groups in total. The van der Waals surface area contributed by atoms with Crippen LogP contribution in [0, 0.1) is 6.92 Å². The van der Waals surface area contributed by atoms with E-state index in [0.29, 0.717) is 11.3 Å². The highest BCUT2D eigenvalue weighted by Gasteiger charge is 2.25. The van der Waals surface area contributed by atoms with E-state index in [1.54, 1.807) is 19.3 Å². The average Bonchev–Trinajstić information content (AvgIpc) is 2.97. The van der Waals surface area contributed by atoms with E-state index in [1.807, 2.05) is 17.9 Å². The van der Waals surface area contributed by atoms with E-state index in [-0.39, 0.29) is 11.9 Å². The highest BCUT2D eigenvalue weighted by atomic mass is 16.3. The summed E-state index contributed by atoms with van der Waals surface area (Å²) in [5, 5.41) is 7.36. The highest BCUT2D eigenvalue weighted by Crippen LogP contribution is 2.29. The summed E-state index contributed by atoms with van der Waals surface area (Å²) in [6, 6.07) is 1.76. The molecule has 0 aliphatic heterocycles. The van der Waals surface area contributed by atoms with E-state index >= 15 is 0 Å². The molecule has 1 atom stereocenters. The van der Waals surface area contributed by atoms with E-state index in [1.165, 1.54) is 5.69 Å². The van der Waals surface area contributed by atoms with Gasteiger partial charge in [-0.15, -0.1) is 0 Å². The van der Waals surface area contributed by atoms with E-state index in [9.17, 15) is 4.79 Å². The summed E-state index contributed by atoms with van der Waals surface area (Å²) in [7, 11) is 1.95. The summed E-state index contributed by atoms with van der Waals surface area (Å²) in [6.07, 6.45) is 6.47. The number of rotatable bonds is 2. The Morgan fingerprint density at radius 3 is 3.16 bits per heavy atom. The molecule has 1 aliphatic carbocycles. The van der Waals surface area contributed by atoms with Gasteiger partial charge in [0.1, 0.15) is 5.76 Å². The first-order chi connectivity index (χ1) is 9.16. The molecule has 3 rings (SSSR count).